The van der Waals surface area contributed by atoms with Gasteiger partial charge in [0.15, 0.2) is 0 Å². The largest absolute Gasteiger partial charge is 0.455 e. The number of aryl methyl sites for hydroxylation is 2. The van der Waals surface area contributed by atoms with Crippen LogP contribution in [0.25, 0.3) is 5.69 Å². The predicted molar refractivity (Wildman–Crippen MR) is 132 cm³/mol. The van der Waals surface area contributed by atoms with Crippen molar-refractivity contribution in [2.24, 2.45) is 0 Å². The number of rotatable bonds is 7. The molecule has 10 nitrogen and oxygen atoms in total. The number of carbonyl (C=O) groups is 2. The Morgan fingerprint density at radius 1 is 1.05 bits per heavy atom. The number of para-hydroxylation sites is 1. The van der Waals surface area contributed by atoms with Gasteiger partial charge in [-0.3, -0.25) is 9.59 Å². The maximum Gasteiger partial charge on any atom is 0.455 e. The fourth-order valence-electron chi connectivity index (χ4n) is 3.80. The van der Waals surface area contributed by atoms with E-state index in [1.807, 2.05) is 0 Å². The van der Waals surface area contributed by atoms with Gasteiger partial charge < -0.3 is 10.6 Å². The van der Waals surface area contributed by atoms with Crippen LogP contribution < -0.4 is 10.6 Å². The first-order chi connectivity index (χ1) is 18.3. The Labute approximate surface area is 219 Å². The Kier molecular flexibility index (Phi) is 7.29. The lowest BCUT2D eigenvalue weighted by Gasteiger charge is -2.16. The van der Waals surface area contributed by atoms with Gasteiger partial charge in [-0.1, -0.05) is 24.8 Å². The lowest BCUT2D eigenvalue weighted by molar-refractivity contribution is -0.145. The number of halogens is 4. The highest BCUT2D eigenvalue weighted by atomic mass is 19.4. The Bertz CT molecular complexity index is 1590. The van der Waals surface area contributed by atoms with Gasteiger partial charge in [-0.2, -0.15) is 23.1 Å². The average Bonchev–Trinajstić information content (AvgIpc) is 3.48. The van der Waals surface area contributed by atoms with Crippen LogP contribution in [0, 0.1) is 19.7 Å². The number of nitrogens with zero attached hydrogens (tertiary/aromatic N) is 6. The molecule has 39 heavy (non-hydrogen) atoms. The third-order valence-corrected chi connectivity index (χ3v) is 5.37. The molecule has 2 aromatic carbocycles. The first-order valence-corrected chi connectivity index (χ1v) is 11.4. The maximum absolute atomic E-state index is 14.7. The molecule has 2 N–H and O–H groups in total. The molecule has 0 saturated carbocycles. The monoisotopic (exact) mass is 542 g/mol. The molecule has 2 amide bonds. The summed E-state index contributed by atoms with van der Waals surface area (Å²) in [4.78, 5) is 27.0. The third kappa shape index (κ3) is 6.00. The zero-order valence-electron chi connectivity index (χ0n) is 21.0. The van der Waals surface area contributed by atoms with Gasteiger partial charge in [-0.05, 0) is 61.4 Å². The van der Waals surface area contributed by atoms with E-state index >= 15 is 0 Å². The molecule has 4 rings (SSSR count). The zero-order chi connectivity index (χ0) is 28.5. The molecule has 0 aliphatic heterocycles. The summed E-state index contributed by atoms with van der Waals surface area (Å²) in [6.07, 6.45) is -4.80. The molecule has 4 aromatic rings. The molecule has 0 spiro atoms. The first kappa shape index (κ1) is 27.2. The Hall–Kier alpha value is -4.88. The van der Waals surface area contributed by atoms with Crippen molar-refractivity contribution in [1.82, 2.24) is 35.3 Å². The van der Waals surface area contributed by atoms with Gasteiger partial charge >= 0.3 is 6.18 Å². The Balaban J connectivity index is 1.75. The lowest BCUT2D eigenvalue weighted by atomic mass is 10.0. The van der Waals surface area contributed by atoms with Crippen molar-refractivity contribution < 1.29 is 27.2 Å². The molecular formula is C25H22F4N8O2. The van der Waals surface area contributed by atoms with Crippen LogP contribution in [0.1, 0.15) is 50.4 Å². The Morgan fingerprint density at radius 3 is 2.41 bits per heavy atom. The van der Waals surface area contributed by atoms with E-state index in [2.05, 4.69) is 37.7 Å². The number of alkyl halides is 3. The van der Waals surface area contributed by atoms with Crippen molar-refractivity contribution in [1.29, 1.82) is 0 Å². The molecule has 0 aliphatic carbocycles. The number of carbonyl (C=O) groups excluding carboxylic acids is 2. The molecule has 202 valence electrons. The summed E-state index contributed by atoms with van der Waals surface area (Å²) in [6, 6.07) is 10.1. The molecule has 0 saturated heterocycles. The van der Waals surface area contributed by atoms with E-state index < -0.39 is 29.6 Å². The fraction of sp³-hybridized carbons (Fsp3) is 0.200. The second-order valence-electron chi connectivity index (χ2n) is 8.72. The van der Waals surface area contributed by atoms with E-state index in [4.69, 9.17) is 0 Å². The van der Waals surface area contributed by atoms with Crippen LogP contribution in [0.4, 0.5) is 23.2 Å². The number of amides is 2. The highest BCUT2D eigenvalue weighted by Crippen LogP contribution is 2.26. The van der Waals surface area contributed by atoms with Crippen LogP contribution in [0.3, 0.4) is 0 Å². The van der Waals surface area contributed by atoms with Crippen molar-refractivity contribution in [3.8, 4) is 5.69 Å². The topological polar surface area (TPSA) is 120 Å². The first-order valence-electron chi connectivity index (χ1n) is 11.4. The summed E-state index contributed by atoms with van der Waals surface area (Å²) >= 11 is 0. The highest BCUT2D eigenvalue weighted by molar-refractivity contribution is 6.09. The molecule has 0 atom stereocenters. The Morgan fingerprint density at radius 2 is 1.77 bits per heavy atom. The number of anilines is 1. The number of nitrogens with one attached hydrogen (secondary N) is 2. The third-order valence-electron chi connectivity index (χ3n) is 5.37. The van der Waals surface area contributed by atoms with Crippen molar-refractivity contribution >= 4 is 17.5 Å². The SMILES string of the molecule is C=C(C)NC(=O)c1cc(C)cc(C)c1NC(=O)c1cc(Cn2nnc(C(F)(F)F)n2)nn1-c1ccccc1F. The summed E-state index contributed by atoms with van der Waals surface area (Å²) in [5.74, 6) is -3.39. The van der Waals surface area contributed by atoms with E-state index in [1.165, 1.54) is 24.3 Å². The summed E-state index contributed by atoms with van der Waals surface area (Å²) in [6.45, 7) is 8.37. The number of benzene rings is 2. The molecule has 2 heterocycles. The van der Waals surface area contributed by atoms with Gasteiger partial charge in [0, 0.05) is 5.70 Å². The molecule has 14 heteroatoms. The van der Waals surface area contributed by atoms with E-state index in [9.17, 15) is 27.2 Å². The summed E-state index contributed by atoms with van der Waals surface area (Å²) < 4.78 is 54.3. The second kappa shape index (κ2) is 10.5. The molecule has 2 aromatic heterocycles. The summed E-state index contributed by atoms with van der Waals surface area (Å²) in [5, 5.41) is 19.2. The van der Waals surface area contributed by atoms with Gasteiger partial charge in [-0.25, -0.2) is 9.07 Å². The average molecular weight is 542 g/mol. The van der Waals surface area contributed by atoms with E-state index in [1.54, 1.807) is 32.9 Å². The van der Waals surface area contributed by atoms with Crippen LogP contribution in [0.5, 0.6) is 0 Å². The van der Waals surface area contributed by atoms with Crippen LogP contribution in [-0.4, -0.2) is 41.8 Å². The number of hydrogen-bond donors (Lipinski definition) is 2. The number of aromatic nitrogens is 6. The van der Waals surface area contributed by atoms with Crippen molar-refractivity contribution in [3.63, 3.8) is 0 Å². The number of hydrogen-bond acceptors (Lipinski definition) is 6. The molecular weight excluding hydrogens is 520 g/mol. The van der Waals surface area contributed by atoms with Crippen LogP contribution in [-0.2, 0) is 12.7 Å². The normalized spacial score (nSPS) is 11.4. The van der Waals surface area contributed by atoms with Gasteiger partial charge in [-0.15, -0.1) is 10.2 Å². The molecule has 0 aliphatic rings. The number of tetrazole rings is 1. The second-order valence-corrected chi connectivity index (χ2v) is 8.72. The quantitative estimate of drug-likeness (QED) is 0.338. The zero-order valence-corrected chi connectivity index (χ0v) is 21.0. The molecule has 0 radical (unpaired) electrons. The summed E-state index contributed by atoms with van der Waals surface area (Å²) in [7, 11) is 0. The van der Waals surface area contributed by atoms with Gasteiger partial charge in [0.25, 0.3) is 17.6 Å². The molecule has 0 bridgehead atoms. The minimum absolute atomic E-state index is 0.0513. The van der Waals surface area contributed by atoms with Crippen LogP contribution >= 0.6 is 0 Å². The van der Waals surface area contributed by atoms with Gasteiger partial charge in [0.1, 0.15) is 23.7 Å². The van der Waals surface area contributed by atoms with Gasteiger partial charge in [0.05, 0.1) is 16.9 Å². The van der Waals surface area contributed by atoms with Crippen molar-refractivity contribution in [2.75, 3.05) is 5.32 Å². The van der Waals surface area contributed by atoms with Crippen LogP contribution in [0.2, 0.25) is 0 Å². The minimum Gasteiger partial charge on any atom is -0.327 e. The van der Waals surface area contributed by atoms with Crippen LogP contribution in [0.15, 0.2) is 54.7 Å². The maximum atomic E-state index is 14.7. The number of allylic oxidation sites excluding steroid dienone is 1. The summed E-state index contributed by atoms with van der Waals surface area (Å²) in [5.41, 5.74) is 1.94. The van der Waals surface area contributed by atoms with Crippen molar-refractivity contribution in [3.05, 3.63) is 94.5 Å². The van der Waals surface area contributed by atoms with E-state index in [0.29, 0.717) is 16.1 Å². The standard InChI is InChI=1S/C25H22F4N8O2/c1-13(2)30-22(38)17-10-14(3)9-15(4)21(17)31-23(39)20-11-16(12-36-34-24(32-35-36)25(27,28)29)33-37(20)19-8-6-5-7-18(19)26/h5-11H,1,12H2,2-4H3,(H,30,38)(H,31,39). The molecule has 0 fully saturated rings. The fourth-order valence-corrected chi connectivity index (χ4v) is 3.80. The lowest BCUT2D eigenvalue weighted by Crippen LogP contribution is -2.25. The van der Waals surface area contributed by atoms with Crippen molar-refractivity contribution in [2.45, 2.75) is 33.5 Å². The minimum atomic E-state index is -4.80. The van der Waals surface area contributed by atoms with E-state index in [-0.39, 0.29) is 34.9 Å². The van der Waals surface area contributed by atoms with Gasteiger partial charge in [0.2, 0.25) is 0 Å². The van der Waals surface area contributed by atoms with E-state index in [0.717, 1.165) is 16.3 Å². The predicted octanol–water partition coefficient (Wildman–Crippen LogP) is 4.20. The smallest absolute Gasteiger partial charge is 0.327 e. The highest BCUT2D eigenvalue weighted by Gasteiger charge is 2.37. The molecule has 0 unspecified atom stereocenters.